The van der Waals surface area contributed by atoms with Gasteiger partial charge in [0.1, 0.15) is 23.8 Å². The SMILES string of the molecule is Cc1ccnc(Nc2cc(NCCNS(=O)(=O)N3CCCC3)ncn2)c1. The summed E-state index contributed by atoms with van der Waals surface area (Å²) in [6, 6.07) is 5.59. The van der Waals surface area contributed by atoms with Crippen LogP contribution in [0.1, 0.15) is 18.4 Å². The normalized spacial score (nSPS) is 15.1. The zero-order chi connectivity index (χ0) is 18.4. The van der Waals surface area contributed by atoms with Crippen molar-refractivity contribution in [3.63, 3.8) is 0 Å². The first-order valence-electron chi connectivity index (χ1n) is 8.53. The summed E-state index contributed by atoms with van der Waals surface area (Å²) in [7, 11) is -3.38. The van der Waals surface area contributed by atoms with Crippen molar-refractivity contribution in [2.24, 2.45) is 0 Å². The Balaban J connectivity index is 1.49. The van der Waals surface area contributed by atoms with E-state index in [-0.39, 0.29) is 6.54 Å². The van der Waals surface area contributed by atoms with Crippen molar-refractivity contribution in [2.45, 2.75) is 19.8 Å². The van der Waals surface area contributed by atoms with Gasteiger partial charge in [0, 0.05) is 38.4 Å². The lowest BCUT2D eigenvalue weighted by molar-refractivity contribution is 0.466. The molecule has 2 aromatic rings. The van der Waals surface area contributed by atoms with Crippen molar-refractivity contribution >= 4 is 27.7 Å². The molecule has 1 aliphatic rings. The Labute approximate surface area is 153 Å². The Hall–Kier alpha value is -2.30. The van der Waals surface area contributed by atoms with E-state index < -0.39 is 10.2 Å². The molecule has 0 amide bonds. The topological polar surface area (TPSA) is 112 Å². The van der Waals surface area contributed by atoms with Crippen LogP contribution in [0.5, 0.6) is 0 Å². The molecule has 0 aliphatic carbocycles. The minimum atomic E-state index is -3.38. The number of aromatic nitrogens is 3. The number of anilines is 3. The van der Waals surface area contributed by atoms with E-state index in [1.54, 1.807) is 12.3 Å². The first-order chi connectivity index (χ1) is 12.5. The molecular formula is C16H23N7O2S. The fraction of sp³-hybridized carbons (Fsp3) is 0.438. The van der Waals surface area contributed by atoms with Crippen LogP contribution in [0, 0.1) is 6.92 Å². The van der Waals surface area contributed by atoms with Gasteiger partial charge >= 0.3 is 0 Å². The molecule has 0 unspecified atom stereocenters. The van der Waals surface area contributed by atoms with Crippen LogP contribution in [0.2, 0.25) is 0 Å². The van der Waals surface area contributed by atoms with E-state index in [0.29, 0.717) is 37.1 Å². The van der Waals surface area contributed by atoms with E-state index in [9.17, 15) is 8.42 Å². The van der Waals surface area contributed by atoms with E-state index >= 15 is 0 Å². The summed E-state index contributed by atoms with van der Waals surface area (Å²) in [5.41, 5.74) is 1.10. The lowest BCUT2D eigenvalue weighted by atomic mass is 10.3. The Bertz CT molecular complexity index is 838. The second-order valence-corrected chi connectivity index (χ2v) is 7.82. The largest absolute Gasteiger partial charge is 0.369 e. The average Bonchev–Trinajstić information content (AvgIpc) is 3.15. The van der Waals surface area contributed by atoms with Gasteiger partial charge in [0.15, 0.2) is 0 Å². The number of hydrogen-bond donors (Lipinski definition) is 3. The standard InChI is InChI=1S/C16H23N7O2S/c1-13-4-5-17-15(10-13)22-16-11-14(19-12-20-16)18-6-7-21-26(24,25)23-8-2-3-9-23/h4-5,10-12,21H,2-3,6-9H2,1H3,(H2,17,18,19,20,22). The highest BCUT2D eigenvalue weighted by molar-refractivity contribution is 7.87. The molecule has 0 atom stereocenters. The van der Waals surface area contributed by atoms with Gasteiger partial charge in [-0.2, -0.15) is 12.7 Å². The maximum Gasteiger partial charge on any atom is 0.279 e. The second-order valence-electron chi connectivity index (χ2n) is 6.06. The van der Waals surface area contributed by atoms with Gasteiger partial charge in [-0.1, -0.05) is 0 Å². The van der Waals surface area contributed by atoms with E-state index in [4.69, 9.17) is 0 Å². The lowest BCUT2D eigenvalue weighted by Crippen LogP contribution is -2.40. The summed E-state index contributed by atoms with van der Waals surface area (Å²) in [6.07, 6.45) is 5.01. The maximum atomic E-state index is 12.1. The van der Waals surface area contributed by atoms with Crippen molar-refractivity contribution in [1.82, 2.24) is 24.0 Å². The highest BCUT2D eigenvalue weighted by atomic mass is 32.2. The van der Waals surface area contributed by atoms with Gasteiger partial charge in [-0.25, -0.2) is 19.7 Å². The van der Waals surface area contributed by atoms with Crippen LogP contribution in [-0.2, 0) is 10.2 Å². The van der Waals surface area contributed by atoms with Crippen LogP contribution in [0.3, 0.4) is 0 Å². The highest BCUT2D eigenvalue weighted by Crippen LogP contribution is 2.15. The Morgan fingerprint density at radius 2 is 1.77 bits per heavy atom. The van der Waals surface area contributed by atoms with Gasteiger partial charge in [0.25, 0.3) is 10.2 Å². The quantitative estimate of drug-likeness (QED) is 0.594. The number of nitrogens with one attached hydrogen (secondary N) is 3. The van der Waals surface area contributed by atoms with Crippen molar-refractivity contribution in [3.05, 3.63) is 36.3 Å². The summed E-state index contributed by atoms with van der Waals surface area (Å²) >= 11 is 0. The molecule has 1 fully saturated rings. The Morgan fingerprint density at radius 1 is 1.04 bits per heavy atom. The third kappa shape index (κ3) is 5.10. The van der Waals surface area contributed by atoms with Crippen molar-refractivity contribution in [3.8, 4) is 0 Å². The number of nitrogens with zero attached hydrogens (tertiary/aromatic N) is 4. The van der Waals surface area contributed by atoms with Crippen molar-refractivity contribution < 1.29 is 8.42 Å². The van der Waals surface area contributed by atoms with Crippen LogP contribution in [-0.4, -0.2) is 53.9 Å². The molecule has 3 N–H and O–H groups in total. The molecule has 0 aromatic carbocycles. The molecule has 0 saturated carbocycles. The molecule has 1 saturated heterocycles. The number of aryl methyl sites for hydroxylation is 1. The molecule has 0 spiro atoms. The molecule has 10 heteroatoms. The molecule has 9 nitrogen and oxygen atoms in total. The smallest absolute Gasteiger partial charge is 0.279 e. The average molecular weight is 377 g/mol. The minimum absolute atomic E-state index is 0.283. The van der Waals surface area contributed by atoms with Gasteiger partial charge < -0.3 is 10.6 Å². The summed E-state index contributed by atoms with van der Waals surface area (Å²) in [4.78, 5) is 12.5. The zero-order valence-electron chi connectivity index (χ0n) is 14.6. The summed E-state index contributed by atoms with van der Waals surface area (Å²) < 4.78 is 28.2. The van der Waals surface area contributed by atoms with E-state index in [0.717, 1.165) is 18.4 Å². The monoisotopic (exact) mass is 377 g/mol. The molecule has 0 radical (unpaired) electrons. The highest BCUT2D eigenvalue weighted by Gasteiger charge is 2.24. The summed E-state index contributed by atoms with van der Waals surface area (Å²) in [5, 5.41) is 6.20. The number of hydrogen-bond acceptors (Lipinski definition) is 7. The zero-order valence-corrected chi connectivity index (χ0v) is 15.5. The van der Waals surface area contributed by atoms with Gasteiger partial charge in [-0.15, -0.1) is 0 Å². The Kier molecular flexibility index (Phi) is 5.96. The third-order valence-electron chi connectivity index (χ3n) is 3.96. The van der Waals surface area contributed by atoms with E-state index in [1.807, 2.05) is 19.1 Å². The predicted octanol–water partition coefficient (Wildman–Crippen LogP) is 1.27. The molecule has 26 heavy (non-hydrogen) atoms. The van der Waals surface area contributed by atoms with Crippen LogP contribution in [0.15, 0.2) is 30.7 Å². The van der Waals surface area contributed by atoms with Crippen LogP contribution in [0.25, 0.3) is 0 Å². The second kappa shape index (κ2) is 8.39. The van der Waals surface area contributed by atoms with Gasteiger partial charge in [-0.3, -0.25) is 0 Å². The third-order valence-corrected chi connectivity index (χ3v) is 5.57. The molecule has 3 rings (SSSR count). The predicted molar refractivity (Wildman–Crippen MR) is 101 cm³/mol. The molecule has 0 bridgehead atoms. The minimum Gasteiger partial charge on any atom is -0.369 e. The summed E-state index contributed by atoms with van der Waals surface area (Å²) in [5.74, 6) is 1.92. The number of rotatable bonds is 8. The lowest BCUT2D eigenvalue weighted by Gasteiger charge is -2.16. The van der Waals surface area contributed by atoms with Crippen LogP contribution < -0.4 is 15.4 Å². The van der Waals surface area contributed by atoms with E-state index in [1.165, 1.54) is 10.6 Å². The maximum absolute atomic E-state index is 12.1. The van der Waals surface area contributed by atoms with Crippen molar-refractivity contribution in [1.29, 1.82) is 0 Å². The molecule has 3 heterocycles. The van der Waals surface area contributed by atoms with Gasteiger partial charge in [0.2, 0.25) is 0 Å². The van der Waals surface area contributed by atoms with E-state index in [2.05, 4.69) is 30.3 Å². The van der Waals surface area contributed by atoms with Crippen LogP contribution >= 0.6 is 0 Å². The molecule has 1 aliphatic heterocycles. The number of pyridine rings is 1. The fourth-order valence-electron chi connectivity index (χ4n) is 2.65. The Morgan fingerprint density at radius 3 is 2.54 bits per heavy atom. The molecule has 2 aromatic heterocycles. The molecular weight excluding hydrogens is 354 g/mol. The molecule has 140 valence electrons. The van der Waals surface area contributed by atoms with Gasteiger partial charge in [-0.05, 0) is 37.5 Å². The first-order valence-corrected chi connectivity index (χ1v) is 9.97. The van der Waals surface area contributed by atoms with Crippen LogP contribution in [0.4, 0.5) is 17.5 Å². The first kappa shape index (κ1) is 18.5. The van der Waals surface area contributed by atoms with Gasteiger partial charge in [0.05, 0.1) is 0 Å². The van der Waals surface area contributed by atoms with Crippen molar-refractivity contribution in [2.75, 3.05) is 36.8 Å². The fourth-order valence-corrected chi connectivity index (χ4v) is 3.93. The summed E-state index contributed by atoms with van der Waals surface area (Å²) in [6.45, 7) is 3.88.